The molecule has 0 spiro atoms. The van der Waals surface area contributed by atoms with E-state index in [1.165, 1.54) is 0 Å². The standard InChI is InChI=1S/C11H16N6O2/c1-3-17(7-10-15-8(2)19-16-10)11(18)14-6-9-12-4-5-13-9/h4-5H,3,6-7H2,1-2H3,(H,12,13)(H,14,18). The van der Waals surface area contributed by atoms with Crippen LogP contribution >= 0.6 is 0 Å². The zero-order chi connectivity index (χ0) is 13.7. The number of hydrogen-bond acceptors (Lipinski definition) is 5. The van der Waals surface area contributed by atoms with Crippen LogP contribution in [0.15, 0.2) is 16.9 Å². The summed E-state index contributed by atoms with van der Waals surface area (Å²) in [6.45, 7) is 4.83. The van der Waals surface area contributed by atoms with Gasteiger partial charge in [-0.15, -0.1) is 0 Å². The minimum Gasteiger partial charge on any atom is -0.347 e. The topological polar surface area (TPSA) is 99.9 Å². The Morgan fingerprint density at radius 1 is 1.58 bits per heavy atom. The third-order valence-corrected chi connectivity index (χ3v) is 2.53. The molecule has 8 heteroatoms. The van der Waals surface area contributed by atoms with Crippen molar-refractivity contribution in [2.45, 2.75) is 26.9 Å². The lowest BCUT2D eigenvalue weighted by Crippen LogP contribution is -2.39. The molecule has 0 unspecified atom stereocenters. The highest BCUT2D eigenvalue weighted by atomic mass is 16.5. The normalized spacial score (nSPS) is 10.4. The molecule has 0 saturated heterocycles. The van der Waals surface area contributed by atoms with Crippen molar-refractivity contribution in [2.75, 3.05) is 6.54 Å². The number of nitrogens with zero attached hydrogens (tertiary/aromatic N) is 4. The van der Waals surface area contributed by atoms with Crippen LogP contribution in [0.5, 0.6) is 0 Å². The zero-order valence-corrected chi connectivity index (χ0v) is 10.9. The first-order chi connectivity index (χ1) is 9.19. The molecule has 0 radical (unpaired) electrons. The molecule has 2 aromatic rings. The molecule has 0 bridgehead atoms. The van der Waals surface area contributed by atoms with Crippen LogP contribution in [0, 0.1) is 6.92 Å². The Balaban J connectivity index is 1.88. The van der Waals surface area contributed by atoms with E-state index in [2.05, 4.69) is 25.4 Å². The van der Waals surface area contributed by atoms with Crippen molar-refractivity contribution in [1.29, 1.82) is 0 Å². The largest absolute Gasteiger partial charge is 0.347 e. The molecule has 19 heavy (non-hydrogen) atoms. The number of hydrogen-bond donors (Lipinski definition) is 2. The highest BCUT2D eigenvalue weighted by molar-refractivity contribution is 5.73. The lowest BCUT2D eigenvalue weighted by molar-refractivity contribution is 0.195. The Morgan fingerprint density at radius 3 is 3.00 bits per heavy atom. The number of carbonyl (C=O) groups is 1. The van der Waals surface area contributed by atoms with Crippen LogP contribution in [0.1, 0.15) is 24.5 Å². The Hall–Kier alpha value is -2.38. The van der Waals surface area contributed by atoms with Gasteiger partial charge < -0.3 is 19.7 Å². The summed E-state index contributed by atoms with van der Waals surface area (Å²) in [5.41, 5.74) is 0. The minimum atomic E-state index is -0.193. The summed E-state index contributed by atoms with van der Waals surface area (Å²) in [7, 11) is 0. The van der Waals surface area contributed by atoms with Crippen molar-refractivity contribution in [3.05, 3.63) is 29.9 Å². The molecule has 0 atom stereocenters. The van der Waals surface area contributed by atoms with E-state index in [0.29, 0.717) is 37.2 Å². The van der Waals surface area contributed by atoms with Crippen LogP contribution in [0.25, 0.3) is 0 Å². The van der Waals surface area contributed by atoms with Crippen molar-refractivity contribution in [3.8, 4) is 0 Å². The summed E-state index contributed by atoms with van der Waals surface area (Å²) in [5, 5.41) is 6.54. The maximum atomic E-state index is 12.0. The van der Waals surface area contributed by atoms with E-state index in [0.717, 1.165) is 0 Å². The number of amides is 2. The Morgan fingerprint density at radius 2 is 2.42 bits per heavy atom. The minimum absolute atomic E-state index is 0.193. The summed E-state index contributed by atoms with van der Waals surface area (Å²) < 4.78 is 4.87. The maximum Gasteiger partial charge on any atom is 0.318 e. The van der Waals surface area contributed by atoms with Crippen LogP contribution in [0.4, 0.5) is 4.79 Å². The molecule has 2 N–H and O–H groups in total. The van der Waals surface area contributed by atoms with E-state index in [-0.39, 0.29) is 6.03 Å². The van der Waals surface area contributed by atoms with Gasteiger partial charge in [-0.3, -0.25) is 0 Å². The molecular formula is C11H16N6O2. The number of aromatic amines is 1. The predicted octanol–water partition coefficient (Wildman–Crippen LogP) is 0.833. The Bertz CT molecular complexity index is 521. The molecule has 2 heterocycles. The molecule has 0 aliphatic carbocycles. The van der Waals surface area contributed by atoms with E-state index in [1.54, 1.807) is 24.2 Å². The molecule has 8 nitrogen and oxygen atoms in total. The van der Waals surface area contributed by atoms with Crippen molar-refractivity contribution in [2.24, 2.45) is 0 Å². The molecular weight excluding hydrogens is 248 g/mol. The van der Waals surface area contributed by atoms with Gasteiger partial charge in [-0.1, -0.05) is 5.16 Å². The van der Waals surface area contributed by atoms with Crippen molar-refractivity contribution >= 4 is 6.03 Å². The molecule has 0 aliphatic rings. The number of carbonyl (C=O) groups excluding carboxylic acids is 1. The number of aryl methyl sites for hydroxylation is 1. The second-order valence-corrected chi connectivity index (χ2v) is 3.94. The summed E-state index contributed by atoms with van der Waals surface area (Å²) in [6.07, 6.45) is 3.35. The lowest BCUT2D eigenvalue weighted by atomic mass is 10.5. The molecule has 2 amide bonds. The van der Waals surface area contributed by atoms with Gasteiger partial charge in [0.15, 0.2) is 5.82 Å². The lowest BCUT2D eigenvalue weighted by Gasteiger charge is -2.19. The van der Waals surface area contributed by atoms with Crippen LogP contribution in [-0.2, 0) is 13.1 Å². The molecule has 0 aromatic carbocycles. The van der Waals surface area contributed by atoms with Crippen LogP contribution in [0.2, 0.25) is 0 Å². The first-order valence-electron chi connectivity index (χ1n) is 5.99. The van der Waals surface area contributed by atoms with Crippen molar-refractivity contribution in [3.63, 3.8) is 0 Å². The van der Waals surface area contributed by atoms with E-state index in [9.17, 15) is 4.79 Å². The molecule has 2 rings (SSSR count). The first-order valence-corrected chi connectivity index (χ1v) is 5.99. The smallest absolute Gasteiger partial charge is 0.318 e. The molecule has 0 aliphatic heterocycles. The summed E-state index contributed by atoms with van der Waals surface area (Å²) >= 11 is 0. The van der Waals surface area contributed by atoms with Crippen molar-refractivity contribution in [1.82, 2.24) is 30.3 Å². The average molecular weight is 264 g/mol. The van der Waals surface area contributed by atoms with E-state index >= 15 is 0 Å². The van der Waals surface area contributed by atoms with Gasteiger partial charge in [0.05, 0.1) is 13.1 Å². The van der Waals surface area contributed by atoms with E-state index in [1.807, 2.05) is 6.92 Å². The van der Waals surface area contributed by atoms with Crippen molar-refractivity contribution < 1.29 is 9.32 Å². The predicted molar refractivity (Wildman–Crippen MR) is 65.9 cm³/mol. The van der Waals surface area contributed by atoms with Crippen LogP contribution in [0.3, 0.4) is 0 Å². The second-order valence-electron chi connectivity index (χ2n) is 3.94. The van der Waals surface area contributed by atoms with Gasteiger partial charge >= 0.3 is 6.03 Å². The highest BCUT2D eigenvalue weighted by Crippen LogP contribution is 2.01. The van der Waals surface area contributed by atoms with Gasteiger partial charge in [0.1, 0.15) is 5.82 Å². The van der Waals surface area contributed by atoms with Gasteiger partial charge in [-0.25, -0.2) is 9.78 Å². The fraction of sp³-hybridized carbons (Fsp3) is 0.455. The average Bonchev–Trinajstić information content (AvgIpc) is 3.04. The fourth-order valence-electron chi connectivity index (χ4n) is 1.57. The van der Waals surface area contributed by atoms with Gasteiger partial charge in [0.2, 0.25) is 5.89 Å². The van der Waals surface area contributed by atoms with Gasteiger partial charge in [-0.05, 0) is 6.92 Å². The molecule has 102 valence electrons. The van der Waals surface area contributed by atoms with Crippen LogP contribution in [-0.4, -0.2) is 37.6 Å². The molecule has 0 saturated carbocycles. The zero-order valence-electron chi connectivity index (χ0n) is 10.9. The summed E-state index contributed by atoms with van der Waals surface area (Å²) in [6, 6.07) is -0.193. The van der Waals surface area contributed by atoms with E-state index < -0.39 is 0 Å². The maximum absolute atomic E-state index is 12.0. The molecule has 0 fully saturated rings. The number of imidazole rings is 1. The summed E-state index contributed by atoms with van der Waals surface area (Å²) in [4.78, 5) is 24.6. The van der Waals surface area contributed by atoms with E-state index in [4.69, 9.17) is 4.52 Å². The van der Waals surface area contributed by atoms with Crippen LogP contribution < -0.4 is 5.32 Å². The third-order valence-electron chi connectivity index (χ3n) is 2.53. The second kappa shape index (κ2) is 5.98. The monoisotopic (exact) mass is 264 g/mol. The first kappa shape index (κ1) is 13.1. The van der Waals surface area contributed by atoms with Gasteiger partial charge in [-0.2, -0.15) is 4.98 Å². The quantitative estimate of drug-likeness (QED) is 0.833. The number of H-pyrrole nitrogens is 1. The SMILES string of the molecule is CCN(Cc1noc(C)n1)C(=O)NCc1ncc[nH]1. The number of rotatable bonds is 5. The Labute approximate surface area is 110 Å². The molecule has 2 aromatic heterocycles. The summed E-state index contributed by atoms with van der Waals surface area (Å²) in [5.74, 6) is 1.69. The number of urea groups is 1. The highest BCUT2D eigenvalue weighted by Gasteiger charge is 2.14. The number of nitrogens with one attached hydrogen (secondary N) is 2. The third kappa shape index (κ3) is 3.54. The fourth-order valence-corrected chi connectivity index (χ4v) is 1.57. The van der Waals surface area contributed by atoms with Gasteiger partial charge in [0.25, 0.3) is 0 Å². The number of aromatic nitrogens is 4. The Kier molecular flexibility index (Phi) is 4.11. The van der Waals surface area contributed by atoms with Gasteiger partial charge in [0, 0.05) is 25.9 Å².